The van der Waals surface area contributed by atoms with Crippen LogP contribution in [0.3, 0.4) is 0 Å². The molecule has 1 rings (SSSR count). The van der Waals surface area contributed by atoms with E-state index in [-0.39, 0.29) is 6.10 Å². The monoisotopic (exact) mass is 288 g/mol. The first-order valence-electron chi connectivity index (χ1n) is 7.12. The smallest absolute Gasteiger partial charge is 0.0857 e. The molecule has 0 aromatic carbocycles. The number of hydrogen-bond donors (Lipinski definition) is 1. The molecule has 0 saturated heterocycles. The van der Waals surface area contributed by atoms with Crippen LogP contribution in [0, 0.1) is 0 Å². The van der Waals surface area contributed by atoms with Gasteiger partial charge in [0.25, 0.3) is 0 Å². The van der Waals surface area contributed by atoms with Gasteiger partial charge in [-0.25, -0.2) is 0 Å². The minimum atomic E-state index is -0.547. The van der Waals surface area contributed by atoms with E-state index in [0.717, 1.165) is 30.8 Å². The Morgan fingerprint density at radius 1 is 1.32 bits per heavy atom. The van der Waals surface area contributed by atoms with Crippen molar-refractivity contribution in [2.75, 3.05) is 6.61 Å². The van der Waals surface area contributed by atoms with E-state index in [1.165, 1.54) is 0 Å². The molecular weight excluding hydrogens is 264 g/mol. The highest BCUT2D eigenvalue weighted by Crippen LogP contribution is 2.24. The standard InChI is InChI=1S/C14H25ClN2O2/c1-5-10-14(15)11(17(7-3)16-10)9-12(18)13(6-2)19-8-4/h12-13,18H,5-9H2,1-4H3. The van der Waals surface area contributed by atoms with Gasteiger partial charge in [0.1, 0.15) is 0 Å². The molecule has 5 heteroatoms. The zero-order chi connectivity index (χ0) is 14.4. The molecule has 110 valence electrons. The topological polar surface area (TPSA) is 47.3 Å². The Morgan fingerprint density at radius 3 is 2.47 bits per heavy atom. The summed E-state index contributed by atoms with van der Waals surface area (Å²) in [5.41, 5.74) is 1.81. The van der Waals surface area contributed by atoms with Crippen LogP contribution in [-0.2, 0) is 24.1 Å². The summed E-state index contributed by atoms with van der Waals surface area (Å²) in [6.45, 7) is 9.37. The molecule has 1 N–H and O–H groups in total. The minimum Gasteiger partial charge on any atom is -0.390 e. The van der Waals surface area contributed by atoms with Gasteiger partial charge in [0.2, 0.25) is 0 Å². The van der Waals surface area contributed by atoms with Gasteiger partial charge in [-0.2, -0.15) is 5.10 Å². The fourth-order valence-electron chi connectivity index (χ4n) is 2.26. The highest BCUT2D eigenvalue weighted by atomic mass is 35.5. The van der Waals surface area contributed by atoms with Crippen LogP contribution < -0.4 is 0 Å². The molecule has 0 spiro atoms. The van der Waals surface area contributed by atoms with Crippen molar-refractivity contribution >= 4 is 11.6 Å². The van der Waals surface area contributed by atoms with Crippen LogP contribution >= 0.6 is 11.6 Å². The van der Waals surface area contributed by atoms with Crippen LogP contribution in [0.2, 0.25) is 5.02 Å². The summed E-state index contributed by atoms with van der Waals surface area (Å²) in [5.74, 6) is 0. The van der Waals surface area contributed by atoms with Gasteiger partial charge in [-0.15, -0.1) is 0 Å². The van der Waals surface area contributed by atoms with E-state index in [1.54, 1.807) is 0 Å². The van der Waals surface area contributed by atoms with Crippen LogP contribution in [0.4, 0.5) is 0 Å². The molecule has 0 amide bonds. The number of rotatable bonds is 8. The molecule has 1 aromatic rings. The minimum absolute atomic E-state index is 0.147. The van der Waals surface area contributed by atoms with Crippen molar-refractivity contribution < 1.29 is 9.84 Å². The zero-order valence-corrected chi connectivity index (χ0v) is 13.1. The summed E-state index contributed by atoms with van der Waals surface area (Å²) >= 11 is 6.34. The molecule has 0 aliphatic rings. The Balaban J connectivity index is 2.88. The maximum absolute atomic E-state index is 10.3. The van der Waals surface area contributed by atoms with Gasteiger partial charge >= 0.3 is 0 Å². The first-order valence-corrected chi connectivity index (χ1v) is 7.50. The number of aliphatic hydroxyl groups excluding tert-OH is 1. The zero-order valence-electron chi connectivity index (χ0n) is 12.3. The maximum atomic E-state index is 10.3. The second-order valence-electron chi connectivity index (χ2n) is 4.55. The van der Waals surface area contributed by atoms with Crippen molar-refractivity contribution in [1.82, 2.24) is 9.78 Å². The van der Waals surface area contributed by atoms with Crippen molar-refractivity contribution in [3.63, 3.8) is 0 Å². The molecule has 0 aliphatic heterocycles. The van der Waals surface area contributed by atoms with Gasteiger partial charge < -0.3 is 9.84 Å². The Hall–Kier alpha value is -0.580. The quantitative estimate of drug-likeness (QED) is 0.800. The number of ether oxygens (including phenoxy) is 1. The Bertz CT molecular complexity index is 393. The van der Waals surface area contributed by atoms with Crippen LogP contribution in [-0.4, -0.2) is 33.7 Å². The number of aryl methyl sites for hydroxylation is 2. The first kappa shape index (κ1) is 16.5. The van der Waals surface area contributed by atoms with Gasteiger partial charge in [-0.3, -0.25) is 4.68 Å². The van der Waals surface area contributed by atoms with Crippen LogP contribution in [0.5, 0.6) is 0 Å². The number of nitrogens with zero attached hydrogens (tertiary/aromatic N) is 2. The lowest BCUT2D eigenvalue weighted by Gasteiger charge is -2.21. The normalized spacial score (nSPS) is 14.6. The number of aromatic nitrogens is 2. The third kappa shape index (κ3) is 3.94. The Kier molecular flexibility index (Phi) is 6.83. The van der Waals surface area contributed by atoms with Crippen molar-refractivity contribution in [1.29, 1.82) is 0 Å². The molecule has 1 heterocycles. The lowest BCUT2D eigenvalue weighted by atomic mass is 10.1. The van der Waals surface area contributed by atoms with Crippen LogP contribution in [0.1, 0.15) is 45.5 Å². The molecular formula is C14H25ClN2O2. The second kappa shape index (κ2) is 7.88. The Morgan fingerprint density at radius 2 is 2.00 bits per heavy atom. The molecule has 4 nitrogen and oxygen atoms in total. The second-order valence-corrected chi connectivity index (χ2v) is 4.93. The number of hydrogen-bond acceptors (Lipinski definition) is 3. The number of halogens is 1. The van der Waals surface area contributed by atoms with E-state index in [9.17, 15) is 5.11 Å². The van der Waals surface area contributed by atoms with E-state index in [2.05, 4.69) is 5.10 Å². The molecule has 0 aliphatic carbocycles. The summed E-state index contributed by atoms with van der Waals surface area (Å²) in [4.78, 5) is 0. The van der Waals surface area contributed by atoms with Crippen LogP contribution in [0.15, 0.2) is 0 Å². The largest absolute Gasteiger partial charge is 0.390 e. The maximum Gasteiger partial charge on any atom is 0.0857 e. The SMILES string of the molecule is CCOC(CC)C(O)Cc1c(Cl)c(CC)nn1CC. The summed E-state index contributed by atoms with van der Waals surface area (Å²) in [7, 11) is 0. The molecule has 0 bridgehead atoms. The molecule has 1 aromatic heterocycles. The summed E-state index contributed by atoms with van der Waals surface area (Å²) < 4.78 is 7.43. The Labute approximate surface area is 120 Å². The highest BCUT2D eigenvalue weighted by molar-refractivity contribution is 6.31. The van der Waals surface area contributed by atoms with E-state index in [0.29, 0.717) is 18.1 Å². The lowest BCUT2D eigenvalue weighted by molar-refractivity contribution is -0.0341. The molecule has 19 heavy (non-hydrogen) atoms. The van der Waals surface area contributed by atoms with E-state index >= 15 is 0 Å². The van der Waals surface area contributed by atoms with Gasteiger partial charge in [0.15, 0.2) is 0 Å². The molecule has 0 saturated carbocycles. The van der Waals surface area contributed by atoms with E-state index in [4.69, 9.17) is 16.3 Å². The molecule has 2 unspecified atom stereocenters. The molecule has 0 radical (unpaired) electrons. The predicted octanol–water partition coefficient (Wildman–Crippen LogP) is 2.84. The van der Waals surface area contributed by atoms with Gasteiger partial charge in [0, 0.05) is 19.6 Å². The van der Waals surface area contributed by atoms with E-state index in [1.807, 2.05) is 32.4 Å². The average Bonchev–Trinajstić information content (AvgIpc) is 2.72. The third-order valence-electron chi connectivity index (χ3n) is 3.31. The number of aliphatic hydroxyl groups is 1. The van der Waals surface area contributed by atoms with Crippen molar-refractivity contribution in [2.24, 2.45) is 0 Å². The van der Waals surface area contributed by atoms with E-state index < -0.39 is 6.10 Å². The van der Waals surface area contributed by atoms with Crippen LogP contribution in [0.25, 0.3) is 0 Å². The summed E-state index contributed by atoms with van der Waals surface area (Å²) in [6, 6.07) is 0. The lowest BCUT2D eigenvalue weighted by Crippen LogP contribution is -2.31. The van der Waals surface area contributed by atoms with Gasteiger partial charge in [-0.05, 0) is 26.7 Å². The van der Waals surface area contributed by atoms with Gasteiger partial charge in [0.05, 0.1) is 28.6 Å². The van der Waals surface area contributed by atoms with Gasteiger partial charge in [-0.1, -0.05) is 25.4 Å². The average molecular weight is 289 g/mol. The van der Waals surface area contributed by atoms with Crippen molar-refractivity contribution in [2.45, 2.75) is 65.7 Å². The molecule has 0 fully saturated rings. The predicted molar refractivity (Wildman–Crippen MR) is 77.7 cm³/mol. The summed E-state index contributed by atoms with van der Waals surface area (Å²) in [6.07, 6.45) is 1.38. The van der Waals surface area contributed by atoms with Crippen molar-refractivity contribution in [3.05, 3.63) is 16.4 Å². The first-order chi connectivity index (χ1) is 9.08. The fourth-order valence-corrected chi connectivity index (χ4v) is 2.60. The van der Waals surface area contributed by atoms with Crippen molar-refractivity contribution in [3.8, 4) is 0 Å². The third-order valence-corrected chi connectivity index (χ3v) is 3.75. The fraction of sp³-hybridized carbons (Fsp3) is 0.786. The summed E-state index contributed by atoms with van der Waals surface area (Å²) in [5, 5.41) is 15.4. The molecule has 2 atom stereocenters. The highest BCUT2D eigenvalue weighted by Gasteiger charge is 2.23.